The van der Waals surface area contributed by atoms with Gasteiger partial charge in [0, 0.05) is 12.3 Å². The van der Waals surface area contributed by atoms with Gasteiger partial charge in [-0.1, -0.05) is 31.6 Å². The summed E-state index contributed by atoms with van der Waals surface area (Å²) in [6.07, 6.45) is 10.0. The summed E-state index contributed by atoms with van der Waals surface area (Å²) in [5.74, 6) is 0.117. The number of aldehydes is 1. The van der Waals surface area contributed by atoms with Crippen LogP contribution in [0.1, 0.15) is 73.1 Å². The number of hydrogen-bond acceptors (Lipinski definition) is 4. The minimum absolute atomic E-state index is 0.00341. The van der Waals surface area contributed by atoms with Crippen LogP contribution in [0.5, 0.6) is 0 Å². The fourth-order valence-electron chi connectivity index (χ4n) is 7.28. The number of allylic oxidation sites excluding steroid dienone is 3. The average Bonchev–Trinajstić information content (AvgIpc) is 3.12. The summed E-state index contributed by atoms with van der Waals surface area (Å²) in [6, 6.07) is 0. The summed E-state index contributed by atoms with van der Waals surface area (Å²) < 4.78 is 6.79. The van der Waals surface area contributed by atoms with Gasteiger partial charge in [0.2, 0.25) is 0 Å². The van der Waals surface area contributed by atoms with Crippen molar-refractivity contribution < 1.29 is 19.4 Å². The molecular formula is C25H36O4. The molecule has 1 saturated heterocycles. The van der Waals surface area contributed by atoms with E-state index in [0.717, 1.165) is 38.4 Å². The lowest BCUT2D eigenvalue weighted by atomic mass is 9.62. The fourth-order valence-corrected chi connectivity index (χ4v) is 7.28. The standard InChI is InChI=1S/C25H36O4/c1-15(2)10-18-11-16(3)25(29-18)9-8-23(4)12-19-22(20(27)13-24(19,5)28)17(14-26)6-7-21(23)25/h6,10,14,16,18-19,21-22,28H,7-9,11-13H2,1-5H3/t16?,18?,19?,21?,22?,23?,24-,25+/m1/s1. The second-order valence-corrected chi connectivity index (χ2v) is 11.0. The summed E-state index contributed by atoms with van der Waals surface area (Å²) in [5.41, 5.74) is 0.628. The van der Waals surface area contributed by atoms with E-state index in [4.69, 9.17) is 4.74 Å². The van der Waals surface area contributed by atoms with Gasteiger partial charge in [-0.25, -0.2) is 0 Å². The molecule has 3 aliphatic carbocycles. The first-order valence-corrected chi connectivity index (χ1v) is 11.3. The number of ether oxygens (including phenoxy) is 1. The number of carbonyl (C=O) groups excluding carboxylic acids is 2. The molecule has 0 bridgehead atoms. The predicted octanol–water partition coefficient (Wildman–Crippen LogP) is 4.41. The lowest BCUT2D eigenvalue weighted by Crippen LogP contribution is -2.46. The van der Waals surface area contributed by atoms with Crippen molar-refractivity contribution in [3.05, 3.63) is 23.3 Å². The second kappa shape index (κ2) is 6.88. The van der Waals surface area contributed by atoms with Crippen LogP contribution in [0.4, 0.5) is 0 Å². The SMILES string of the molecule is CC(C)=CC1CC(C)[C@]2(CCC3(C)CC4C(C(=O)C[C@@]4(C)O)C(C=O)=CCC32)O1. The molecule has 0 aromatic carbocycles. The van der Waals surface area contributed by atoms with Crippen molar-refractivity contribution in [1.82, 2.24) is 0 Å². The number of aliphatic hydroxyl groups is 1. The van der Waals surface area contributed by atoms with E-state index in [1.54, 1.807) is 6.92 Å². The zero-order valence-electron chi connectivity index (χ0n) is 18.5. The van der Waals surface area contributed by atoms with E-state index >= 15 is 0 Å². The number of Topliss-reactive ketones (excluding diaryl/α,β-unsaturated/α-hetero) is 1. The molecule has 0 amide bonds. The van der Waals surface area contributed by atoms with E-state index in [9.17, 15) is 14.7 Å². The quantitative estimate of drug-likeness (QED) is 0.551. The molecule has 1 N–H and O–H groups in total. The van der Waals surface area contributed by atoms with Crippen molar-refractivity contribution in [2.75, 3.05) is 0 Å². The van der Waals surface area contributed by atoms with E-state index < -0.39 is 11.5 Å². The van der Waals surface area contributed by atoms with Gasteiger partial charge in [-0.2, -0.15) is 0 Å². The van der Waals surface area contributed by atoms with E-state index in [-0.39, 0.29) is 35.2 Å². The van der Waals surface area contributed by atoms with Gasteiger partial charge in [-0.15, -0.1) is 0 Å². The van der Waals surface area contributed by atoms with Crippen LogP contribution in [-0.2, 0) is 14.3 Å². The molecule has 0 aromatic rings. The van der Waals surface area contributed by atoms with E-state index in [1.165, 1.54) is 5.57 Å². The summed E-state index contributed by atoms with van der Waals surface area (Å²) in [6.45, 7) is 10.7. The molecule has 0 aromatic heterocycles. The third-order valence-electron chi connectivity index (χ3n) is 8.68. The Morgan fingerprint density at radius 2 is 2.00 bits per heavy atom. The Kier molecular flexibility index (Phi) is 4.98. The highest BCUT2D eigenvalue weighted by Crippen LogP contribution is 2.64. The number of rotatable bonds is 2. The topological polar surface area (TPSA) is 63.6 Å². The van der Waals surface area contributed by atoms with Crippen molar-refractivity contribution in [2.45, 2.75) is 90.4 Å². The Balaban J connectivity index is 1.74. The molecule has 4 rings (SSSR count). The van der Waals surface area contributed by atoms with Crippen molar-refractivity contribution >= 4 is 12.1 Å². The van der Waals surface area contributed by atoms with Gasteiger partial charge in [-0.3, -0.25) is 9.59 Å². The molecule has 4 aliphatic rings. The van der Waals surface area contributed by atoms with Crippen molar-refractivity contribution in [2.24, 2.45) is 29.1 Å². The van der Waals surface area contributed by atoms with E-state index in [2.05, 4.69) is 33.8 Å². The summed E-state index contributed by atoms with van der Waals surface area (Å²) in [7, 11) is 0. The molecule has 0 radical (unpaired) electrons. The fraction of sp³-hybridized carbons (Fsp3) is 0.760. The average molecular weight is 401 g/mol. The minimum Gasteiger partial charge on any atom is -0.389 e. The number of fused-ring (bicyclic) bond motifs is 3. The number of carbonyl (C=O) groups is 2. The van der Waals surface area contributed by atoms with Crippen molar-refractivity contribution in [3.8, 4) is 0 Å². The zero-order chi connectivity index (χ0) is 21.2. The molecule has 160 valence electrons. The summed E-state index contributed by atoms with van der Waals surface area (Å²) in [5, 5.41) is 11.1. The van der Waals surface area contributed by atoms with Crippen molar-refractivity contribution in [3.63, 3.8) is 0 Å². The maximum absolute atomic E-state index is 12.7. The third-order valence-corrected chi connectivity index (χ3v) is 8.68. The van der Waals surface area contributed by atoms with Crippen LogP contribution in [0.3, 0.4) is 0 Å². The maximum Gasteiger partial charge on any atom is 0.146 e. The molecule has 1 spiro atoms. The molecule has 6 unspecified atom stereocenters. The lowest BCUT2D eigenvalue weighted by molar-refractivity contribution is -0.122. The molecule has 1 aliphatic heterocycles. The van der Waals surface area contributed by atoms with Gasteiger partial charge in [-0.05, 0) is 75.7 Å². The summed E-state index contributed by atoms with van der Waals surface area (Å²) in [4.78, 5) is 24.6. The van der Waals surface area contributed by atoms with Crippen LogP contribution >= 0.6 is 0 Å². The van der Waals surface area contributed by atoms with Gasteiger partial charge in [0.1, 0.15) is 12.1 Å². The van der Waals surface area contributed by atoms with Gasteiger partial charge in [0.15, 0.2) is 0 Å². The van der Waals surface area contributed by atoms with Gasteiger partial charge < -0.3 is 9.84 Å². The first-order chi connectivity index (χ1) is 13.5. The highest BCUT2D eigenvalue weighted by Gasteiger charge is 2.63. The first-order valence-electron chi connectivity index (χ1n) is 11.3. The molecule has 4 heteroatoms. The maximum atomic E-state index is 12.7. The van der Waals surface area contributed by atoms with Crippen LogP contribution in [-0.4, -0.2) is 34.5 Å². The van der Waals surface area contributed by atoms with Gasteiger partial charge >= 0.3 is 0 Å². The first kappa shape index (κ1) is 21.0. The monoisotopic (exact) mass is 400 g/mol. The largest absolute Gasteiger partial charge is 0.389 e. The van der Waals surface area contributed by atoms with E-state index in [1.807, 2.05) is 6.08 Å². The van der Waals surface area contributed by atoms with Crippen LogP contribution in [0, 0.1) is 29.1 Å². The van der Waals surface area contributed by atoms with Crippen molar-refractivity contribution in [1.29, 1.82) is 0 Å². The molecule has 2 saturated carbocycles. The second-order valence-electron chi connectivity index (χ2n) is 11.0. The van der Waals surface area contributed by atoms with Gasteiger partial charge in [0.25, 0.3) is 0 Å². The lowest BCUT2D eigenvalue weighted by Gasteiger charge is -2.45. The molecule has 4 nitrogen and oxygen atoms in total. The Morgan fingerprint density at radius 3 is 2.66 bits per heavy atom. The Bertz CT molecular complexity index is 774. The molecule has 1 heterocycles. The number of hydrogen-bond donors (Lipinski definition) is 1. The smallest absolute Gasteiger partial charge is 0.146 e. The highest BCUT2D eigenvalue weighted by molar-refractivity contribution is 5.94. The third kappa shape index (κ3) is 3.18. The Morgan fingerprint density at radius 1 is 1.28 bits per heavy atom. The minimum atomic E-state index is -1.04. The molecule has 3 fully saturated rings. The van der Waals surface area contributed by atoms with Crippen LogP contribution in [0.2, 0.25) is 0 Å². The van der Waals surface area contributed by atoms with Gasteiger partial charge in [0.05, 0.1) is 23.2 Å². The van der Waals surface area contributed by atoms with E-state index in [0.29, 0.717) is 17.4 Å². The molecule has 8 atom stereocenters. The van der Waals surface area contributed by atoms with Crippen LogP contribution < -0.4 is 0 Å². The van der Waals surface area contributed by atoms with Crippen LogP contribution in [0.15, 0.2) is 23.3 Å². The summed E-state index contributed by atoms with van der Waals surface area (Å²) >= 11 is 0. The zero-order valence-corrected chi connectivity index (χ0v) is 18.5. The molecular weight excluding hydrogens is 364 g/mol. The number of ketones is 1. The Labute approximate surface area is 174 Å². The molecule has 29 heavy (non-hydrogen) atoms. The predicted molar refractivity (Wildman–Crippen MR) is 112 cm³/mol. The Hall–Kier alpha value is -1.26. The highest BCUT2D eigenvalue weighted by atomic mass is 16.5. The normalized spacial score (nSPS) is 49.2. The van der Waals surface area contributed by atoms with Crippen LogP contribution in [0.25, 0.3) is 0 Å².